The molecule has 28 heavy (non-hydrogen) atoms. The van der Waals surface area contributed by atoms with Crippen LogP contribution < -0.4 is 10.6 Å². The highest BCUT2D eigenvalue weighted by atomic mass is 79.9. The Kier molecular flexibility index (Phi) is 5.38. The Balaban J connectivity index is 1.51. The number of benzene rings is 1. The van der Waals surface area contributed by atoms with Crippen LogP contribution in [-0.2, 0) is 6.54 Å². The molecule has 0 radical (unpaired) electrons. The Labute approximate surface area is 172 Å². The maximum absolute atomic E-state index is 13.1. The zero-order valence-electron chi connectivity index (χ0n) is 14.6. The van der Waals surface area contributed by atoms with E-state index >= 15 is 0 Å². The lowest BCUT2D eigenvalue weighted by molar-refractivity contribution is 0.233. The molecule has 6 nitrogen and oxygen atoms in total. The molecule has 4 rings (SSSR count). The van der Waals surface area contributed by atoms with E-state index in [0.29, 0.717) is 13.1 Å². The Morgan fingerprint density at radius 2 is 2.04 bits per heavy atom. The number of nitrogens with zero attached hydrogens (tertiary/aromatic N) is 4. The van der Waals surface area contributed by atoms with Gasteiger partial charge in [-0.2, -0.15) is 4.98 Å². The highest BCUT2D eigenvalue weighted by molar-refractivity contribution is 9.11. The minimum absolute atomic E-state index is 0.254. The van der Waals surface area contributed by atoms with Crippen molar-refractivity contribution in [3.63, 3.8) is 0 Å². The standard InChI is InChI=1S/C19H16BrFN4O2S/c20-17-6-5-14(28-17)9-25-11-22-18(23-19(25)27)24-8-7-15(16(26)10-24)12-1-3-13(21)4-2-12/h1-7,11,16,26H,8-10H2. The van der Waals surface area contributed by atoms with E-state index in [1.54, 1.807) is 28.4 Å². The van der Waals surface area contributed by atoms with Gasteiger partial charge in [0.15, 0.2) is 0 Å². The van der Waals surface area contributed by atoms with Crippen LogP contribution in [-0.4, -0.2) is 38.8 Å². The quantitative estimate of drug-likeness (QED) is 0.645. The van der Waals surface area contributed by atoms with Crippen LogP contribution in [0.15, 0.2) is 57.4 Å². The molecular formula is C19H16BrFN4O2S. The summed E-state index contributed by atoms with van der Waals surface area (Å²) in [5.41, 5.74) is 1.11. The van der Waals surface area contributed by atoms with Crippen molar-refractivity contribution in [2.45, 2.75) is 12.6 Å². The summed E-state index contributed by atoms with van der Waals surface area (Å²) in [6, 6.07) is 9.88. The molecule has 0 saturated carbocycles. The molecule has 0 spiro atoms. The molecule has 1 N–H and O–H groups in total. The first-order chi connectivity index (χ1) is 13.5. The second-order valence-corrected chi connectivity index (χ2v) is 8.91. The number of thiophene rings is 1. The van der Waals surface area contributed by atoms with Gasteiger partial charge in [0.25, 0.3) is 0 Å². The molecule has 0 aliphatic carbocycles. The molecule has 1 aromatic carbocycles. The lowest BCUT2D eigenvalue weighted by Crippen LogP contribution is -2.40. The minimum Gasteiger partial charge on any atom is -0.387 e. The molecule has 3 aromatic rings. The first kappa shape index (κ1) is 19.0. The molecule has 9 heteroatoms. The third-order valence-electron chi connectivity index (χ3n) is 4.45. The van der Waals surface area contributed by atoms with E-state index in [9.17, 15) is 14.3 Å². The van der Waals surface area contributed by atoms with E-state index in [0.717, 1.165) is 19.8 Å². The summed E-state index contributed by atoms with van der Waals surface area (Å²) in [5, 5.41) is 10.5. The minimum atomic E-state index is -0.784. The van der Waals surface area contributed by atoms with Crippen LogP contribution in [0.1, 0.15) is 10.4 Å². The molecule has 1 aliphatic rings. The molecule has 144 valence electrons. The largest absolute Gasteiger partial charge is 0.387 e. The maximum atomic E-state index is 13.1. The SMILES string of the molecule is O=c1nc(N2CC=C(c3ccc(F)cc3)C(O)C2)ncn1Cc1ccc(Br)s1. The van der Waals surface area contributed by atoms with Crippen LogP contribution in [0.4, 0.5) is 10.3 Å². The summed E-state index contributed by atoms with van der Waals surface area (Å²) in [5.74, 6) is -0.0396. The Bertz CT molecular complexity index is 1080. The summed E-state index contributed by atoms with van der Waals surface area (Å²) in [7, 11) is 0. The summed E-state index contributed by atoms with van der Waals surface area (Å²) in [4.78, 5) is 23.5. The maximum Gasteiger partial charge on any atom is 0.352 e. The monoisotopic (exact) mass is 462 g/mol. The number of aliphatic hydroxyl groups is 1. The topological polar surface area (TPSA) is 71.2 Å². The van der Waals surface area contributed by atoms with Crippen molar-refractivity contribution in [2.75, 3.05) is 18.0 Å². The molecule has 2 aromatic heterocycles. The fraction of sp³-hybridized carbons (Fsp3) is 0.211. The van der Waals surface area contributed by atoms with Gasteiger partial charge in [0.2, 0.25) is 5.95 Å². The van der Waals surface area contributed by atoms with E-state index in [2.05, 4.69) is 25.9 Å². The number of hydrogen-bond acceptors (Lipinski definition) is 6. The van der Waals surface area contributed by atoms with Crippen LogP contribution in [0.2, 0.25) is 0 Å². The average Bonchev–Trinajstić information content (AvgIpc) is 3.09. The number of aliphatic hydroxyl groups excluding tert-OH is 1. The first-order valence-corrected chi connectivity index (χ1v) is 10.2. The van der Waals surface area contributed by atoms with E-state index in [-0.39, 0.29) is 18.3 Å². The van der Waals surface area contributed by atoms with Gasteiger partial charge in [0, 0.05) is 11.4 Å². The third-order valence-corrected chi connectivity index (χ3v) is 6.06. The van der Waals surface area contributed by atoms with Crippen molar-refractivity contribution in [3.05, 3.63) is 79.3 Å². The summed E-state index contributed by atoms with van der Waals surface area (Å²) in [6.07, 6.45) is 2.54. The van der Waals surface area contributed by atoms with Gasteiger partial charge in [0.1, 0.15) is 12.1 Å². The van der Waals surface area contributed by atoms with Crippen LogP contribution in [0.3, 0.4) is 0 Å². The normalized spacial score (nSPS) is 16.9. The van der Waals surface area contributed by atoms with Gasteiger partial charge in [0.05, 0.1) is 23.0 Å². The van der Waals surface area contributed by atoms with Crippen LogP contribution in [0, 0.1) is 5.82 Å². The van der Waals surface area contributed by atoms with Gasteiger partial charge in [-0.15, -0.1) is 11.3 Å². The predicted octanol–water partition coefficient (Wildman–Crippen LogP) is 2.91. The summed E-state index contributed by atoms with van der Waals surface area (Å²) < 4.78 is 15.5. The number of hydrogen-bond donors (Lipinski definition) is 1. The lowest BCUT2D eigenvalue weighted by atomic mass is 9.97. The average molecular weight is 463 g/mol. The van der Waals surface area contributed by atoms with E-state index in [1.807, 2.05) is 18.2 Å². The van der Waals surface area contributed by atoms with Crippen molar-refractivity contribution in [1.29, 1.82) is 0 Å². The molecule has 0 saturated heterocycles. The zero-order valence-corrected chi connectivity index (χ0v) is 17.0. The van der Waals surface area contributed by atoms with Gasteiger partial charge < -0.3 is 10.0 Å². The fourth-order valence-corrected chi connectivity index (χ4v) is 4.54. The molecule has 0 amide bonds. The molecule has 0 fully saturated rings. The molecule has 1 unspecified atom stereocenters. The van der Waals surface area contributed by atoms with E-state index in [4.69, 9.17) is 0 Å². The number of β-amino-alcohol motifs (C(OH)–C–C–N with tert-alkyl or cyclic N) is 1. The van der Waals surface area contributed by atoms with Crippen LogP contribution in [0.5, 0.6) is 0 Å². The number of anilines is 1. The fourth-order valence-electron chi connectivity index (χ4n) is 3.06. The van der Waals surface area contributed by atoms with Crippen molar-refractivity contribution < 1.29 is 9.50 Å². The second-order valence-electron chi connectivity index (χ2n) is 6.36. The summed E-state index contributed by atoms with van der Waals surface area (Å²) >= 11 is 4.95. The molecule has 1 aliphatic heterocycles. The van der Waals surface area contributed by atoms with Gasteiger partial charge in [-0.05, 0) is 51.3 Å². The molecule has 0 bridgehead atoms. The van der Waals surface area contributed by atoms with E-state index in [1.165, 1.54) is 23.0 Å². The number of aromatic nitrogens is 3. The van der Waals surface area contributed by atoms with Gasteiger partial charge in [-0.3, -0.25) is 4.57 Å². The van der Waals surface area contributed by atoms with Crippen molar-refractivity contribution in [1.82, 2.24) is 14.5 Å². The smallest absolute Gasteiger partial charge is 0.352 e. The highest BCUT2D eigenvalue weighted by Crippen LogP contribution is 2.25. The first-order valence-electron chi connectivity index (χ1n) is 8.56. The third kappa shape index (κ3) is 4.06. The van der Waals surface area contributed by atoms with Crippen LogP contribution in [0.25, 0.3) is 5.57 Å². The van der Waals surface area contributed by atoms with Crippen molar-refractivity contribution >= 4 is 38.8 Å². The molecule has 1 atom stereocenters. The molecule has 3 heterocycles. The predicted molar refractivity (Wildman–Crippen MR) is 110 cm³/mol. The Morgan fingerprint density at radius 3 is 2.68 bits per heavy atom. The van der Waals surface area contributed by atoms with Gasteiger partial charge in [-0.25, -0.2) is 14.2 Å². The number of halogens is 2. The van der Waals surface area contributed by atoms with Crippen LogP contribution >= 0.6 is 27.3 Å². The van der Waals surface area contributed by atoms with Gasteiger partial charge in [-0.1, -0.05) is 18.2 Å². The van der Waals surface area contributed by atoms with E-state index < -0.39 is 11.8 Å². The highest BCUT2D eigenvalue weighted by Gasteiger charge is 2.23. The van der Waals surface area contributed by atoms with Crippen molar-refractivity contribution in [3.8, 4) is 0 Å². The summed E-state index contributed by atoms with van der Waals surface area (Å²) in [6.45, 7) is 1.11. The molecular weight excluding hydrogens is 447 g/mol. The van der Waals surface area contributed by atoms with Gasteiger partial charge >= 0.3 is 5.69 Å². The van der Waals surface area contributed by atoms with Crippen molar-refractivity contribution in [2.24, 2.45) is 0 Å². The second kappa shape index (κ2) is 7.94. The zero-order chi connectivity index (χ0) is 19.7. The lowest BCUT2D eigenvalue weighted by Gasteiger charge is -2.30. The Hall–Kier alpha value is -2.36. The number of rotatable bonds is 4. The Morgan fingerprint density at radius 1 is 1.25 bits per heavy atom.